The van der Waals surface area contributed by atoms with E-state index in [-0.39, 0.29) is 0 Å². The summed E-state index contributed by atoms with van der Waals surface area (Å²) in [6.07, 6.45) is 9.41. The van der Waals surface area contributed by atoms with E-state index in [0.29, 0.717) is 11.5 Å². The first-order valence-corrected chi connectivity index (χ1v) is 11.7. The SMILES string of the molecule is COc1ccc2c3c1ccn3CCCn1c-2c(C2CCCCC2)c2ccc(C(=O)O)cc21. The van der Waals surface area contributed by atoms with Gasteiger partial charge in [-0.3, -0.25) is 0 Å². The van der Waals surface area contributed by atoms with Crippen LogP contribution < -0.4 is 4.74 Å². The van der Waals surface area contributed by atoms with Crippen molar-refractivity contribution in [3.05, 3.63) is 53.7 Å². The molecule has 0 unspecified atom stereocenters. The van der Waals surface area contributed by atoms with E-state index in [9.17, 15) is 9.90 Å². The first kappa shape index (κ1) is 19.5. The zero-order chi connectivity index (χ0) is 21.8. The summed E-state index contributed by atoms with van der Waals surface area (Å²) in [6, 6.07) is 12.2. The van der Waals surface area contributed by atoms with Crippen molar-refractivity contribution in [2.24, 2.45) is 0 Å². The second-order valence-corrected chi connectivity index (χ2v) is 9.23. The van der Waals surface area contributed by atoms with Gasteiger partial charge >= 0.3 is 5.97 Å². The summed E-state index contributed by atoms with van der Waals surface area (Å²) >= 11 is 0. The van der Waals surface area contributed by atoms with Crippen LogP contribution >= 0.6 is 0 Å². The number of aromatic nitrogens is 2. The molecule has 2 aromatic heterocycles. The van der Waals surface area contributed by atoms with Gasteiger partial charge in [0, 0.05) is 41.1 Å². The Labute approximate surface area is 187 Å². The maximum Gasteiger partial charge on any atom is 0.335 e. The van der Waals surface area contributed by atoms with Gasteiger partial charge in [0.25, 0.3) is 0 Å². The van der Waals surface area contributed by atoms with Gasteiger partial charge in [-0.15, -0.1) is 0 Å². The lowest BCUT2D eigenvalue weighted by atomic mass is 9.81. The third-order valence-electron chi connectivity index (χ3n) is 7.51. The fraction of sp³-hybridized carbons (Fsp3) is 0.370. The highest BCUT2D eigenvalue weighted by Crippen LogP contribution is 2.47. The lowest BCUT2D eigenvalue weighted by Crippen LogP contribution is -2.11. The Bertz CT molecular complexity index is 1350. The number of rotatable bonds is 3. The van der Waals surface area contributed by atoms with Gasteiger partial charge in [0.15, 0.2) is 0 Å². The van der Waals surface area contributed by atoms with Gasteiger partial charge in [-0.2, -0.15) is 0 Å². The highest BCUT2D eigenvalue weighted by atomic mass is 16.5. The van der Waals surface area contributed by atoms with Crippen LogP contribution in [0.4, 0.5) is 0 Å². The Morgan fingerprint density at radius 3 is 2.62 bits per heavy atom. The van der Waals surface area contributed by atoms with Crippen LogP contribution in [-0.4, -0.2) is 27.3 Å². The van der Waals surface area contributed by atoms with E-state index in [2.05, 4.69) is 39.6 Å². The van der Waals surface area contributed by atoms with Gasteiger partial charge in [-0.05, 0) is 61.1 Å². The Balaban J connectivity index is 1.73. The van der Waals surface area contributed by atoms with Crippen LogP contribution in [0.5, 0.6) is 5.75 Å². The molecule has 0 radical (unpaired) electrons. The third kappa shape index (κ3) is 2.80. The lowest BCUT2D eigenvalue weighted by molar-refractivity contribution is 0.0697. The highest BCUT2D eigenvalue weighted by Gasteiger charge is 2.29. The monoisotopic (exact) mass is 428 g/mol. The number of benzene rings is 2. The minimum atomic E-state index is -0.867. The molecule has 3 heterocycles. The Kier molecular flexibility index (Phi) is 4.53. The van der Waals surface area contributed by atoms with E-state index in [1.165, 1.54) is 59.8 Å². The van der Waals surface area contributed by atoms with Crippen molar-refractivity contribution in [2.45, 2.75) is 57.5 Å². The molecule has 0 saturated heterocycles. The molecule has 1 aliphatic carbocycles. The number of hydrogen-bond donors (Lipinski definition) is 1. The fourth-order valence-corrected chi connectivity index (χ4v) is 6.09. The largest absolute Gasteiger partial charge is 0.496 e. The second-order valence-electron chi connectivity index (χ2n) is 9.23. The molecule has 0 amide bonds. The minimum Gasteiger partial charge on any atom is -0.496 e. The highest BCUT2D eigenvalue weighted by molar-refractivity contribution is 6.04. The lowest BCUT2D eigenvalue weighted by Gasteiger charge is -2.25. The number of methoxy groups -OCH3 is 1. The first-order valence-electron chi connectivity index (χ1n) is 11.7. The number of ether oxygens (including phenoxy) is 1. The number of carbonyl (C=O) groups is 1. The average molecular weight is 429 g/mol. The van der Waals surface area contributed by atoms with E-state index in [4.69, 9.17) is 4.74 Å². The van der Waals surface area contributed by atoms with E-state index in [1.54, 1.807) is 13.2 Å². The smallest absolute Gasteiger partial charge is 0.335 e. The number of aryl methyl sites for hydroxylation is 2. The Morgan fingerprint density at radius 1 is 1.00 bits per heavy atom. The average Bonchev–Trinajstić information content (AvgIpc) is 3.37. The van der Waals surface area contributed by atoms with Gasteiger partial charge in [-0.25, -0.2) is 4.79 Å². The molecule has 32 heavy (non-hydrogen) atoms. The van der Waals surface area contributed by atoms with Crippen molar-refractivity contribution in [3.8, 4) is 17.0 Å². The van der Waals surface area contributed by atoms with Gasteiger partial charge in [0.2, 0.25) is 0 Å². The summed E-state index contributed by atoms with van der Waals surface area (Å²) in [5.41, 5.74) is 6.57. The van der Waals surface area contributed by atoms with Crippen molar-refractivity contribution < 1.29 is 14.6 Å². The van der Waals surface area contributed by atoms with E-state index in [1.807, 2.05) is 6.07 Å². The van der Waals surface area contributed by atoms with E-state index >= 15 is 0 Å². The topological polar surface area (TPSA) is 56.4 Å². The summed E-state index contributed by atoms with van der Waals surface area (Å²) in [4.78, 5) is 11.8. The van der Waals surface area contributed by atoms with Crippen LogP contribution in [0, 0.1) is 0 Å². The standard InChI is InChI=1S/C27H28N2O3/c1-32-23-11-10-21-25-20(23)12-15-28(25)13-5-14-29-22-16-18(27(30)31)8-9-19(22)24(26(21)29)17-6-3-2-4-7-17/h8-12,15-17H,2-7,13-14H2,1H3,(H,30,31). The van der Waals surface area contributed by atoms with E-state index < -0.39 is 5.97 Å². The normalized spacial score (nSPS) is 16.7. The molecule has 0 spiro atoms. The summed E-state index contributed by atoms with van der Waals surface area (Å²) in [7, 11) is 1.73. The quantitative estimate of drug-likeness (QED) is 0.410. The molecule has 6 rings (SSSR count). The number of carboxylic acid groups (broad SMARTS) is 1. The minimum absolute atomic E-state index is 0.360. The maximum absolute atomic E-state index is 11.8. The summed E-state index contributed by atoms with van der Waals surface area (Å²) in [5.74, 6) is 0.546. The maximum atomic E-state index is 11.8. The number of aromatic carboxylic acids is 1. The van der Waals surface area contributed by atoms with Crippen LogP contribution in [-0.2, 0) is 13.1 Å². The molecule has 2 aromatic carbocycles. The molecule has 5 heteroatoms. The molecule has 5 nitrogen and oxygen atoms in total. The second kappa shape index (κ2) is 7.44. The zero-order valence-corrected chi connectivity index (χ0v) is 18.4. The van der Waals surface area contributed by atoms with Crippen LogP contribution in [0.3, 0.4) is 0 Å². The van der Waals surface area contributed by atoms with Gasteiger partial charge < -0.3 is 19.0 Å². The molecule has 0 bridgehead atoms. The summed E-state index contributed by atoms with van der Waals surface area (Å²) in [6.45, 7) is 1.81. The summed E-state index contributed by atoms with van der Waals surface area (Å²) in [5, 5.41) is 12.0. The molecule has 1 fully saturated rings. The molecule has 0 atom stereocenters. The van der Waals surface area contributed by atoms with Crippen LogP contribution in [0.2, 0.25) is 0 Å². The van der Waals surface area contributed by atoms with Crippen LogP contribution in [0.15, 0.2) is 42.6 Å². The van der Waals surface area contributed by atoms with Crippen molar-refractivity contribution in [3.63, 3.8) is 0 Å². The number of carboxylic acids is 1. The Hall–Kier alpha value is -3.21. The van der Waals surface area contributed by atoms with E-state index in [0.717, 1.165) is 36.2 Å². The molecule has 1 aliphatic heterocycles. The third-order valence-corrected chi connectivity index (χ3v) is 7.51. The molecule has 2 aliphatic rings. The number of nitrogens with zero attached hydrogens (tertiary/aromatic N) is 2. The predicted molar refractivity (Wildman–Crippen MR) is 127 cm³/mol. The molecular weight excluding hydrogens is 400 g/mol. The first-order chi connectivity index (χ1) is 15.7. The molecule has 164 valence electrons. The number of hydrogen-bond acceptors (Lipinski definition) is 2. The van der Waals surface area contributed by atoms with Crippen LogP contribution in [0.25, 0.3) is 33.1 Å². The van der Waals surface area contributed by atoms with Gasteiger partial charge in [0.05, 0.1) is 23.9 Å². The molecule has 4 aromatic rings. The summed E-state index contributed by atoms with van der Waals surface area (Å²) < 4.78 is 10.5. The molecular formula is C27H28N2O3. The van der Waals surface area contributed by atoms with Crippen molar-refractivity contribution in [2.75, 3.05) is 7.11 Å². The van der Waals surface area contributed by atoms with Crippen LogP contribution in [0.1, 0.15) is 60.4 Å². The van der Waals surface area contributed by atoms with Gasteiger partial charge in [0.1, 0.15) is 5.75 Å². The van der Waals surface area contributed by atoms with Gasteiger partial charge in [-0.1, -0.05) is 25.3 Å². The van der Waals surface area contributed by atoms with Crippen molar-refractivity contribution >= 4 is 27.8 Å². The number of fused-ring (bicyclic) bond motifs is 4. The Morgan fingerprint density at radius 2 is 1.84 bits per heavy atom. The zero-order valence-electron chi connectivity index (χ0n) is 18.4. The predicted octanol–water partition coefficient (Wildman–Crippen LogP) is 6.42. The fourth-order valence-electron chi connectivity index (χ4n) is 6.09. The van der Waals surface area contributed by atoms with Crippen molar-refractivity contribution in [1.82, 2.24) is 9.13 Å². The van der Waals surface area contributed by atoms with Crippen molar-refractivity contribution in [1.29, 1.82) is 0 Å². The molecule has 1 N–H and O–H groups in total. The molecule has 1 saturated carbocycles.